The summed E-state index contributed by atoms with van der Waals surface area (Å²) in [5, 5.41) is 0. The van der Waals surface area contributed by atoms with Crippen molar-refractivity contribution in [3.8, 4) is 0 Å². The number of hydrogen-bond acceptors (Lipinski definition) is 0. The SMILES string of the molecule is C=C1C(F)=C(F)C(c2cc(F)c(F)c(F)c2F)=C(F)C1F. The monoisotopic (exact) mass is 312 g/mol. The van der Waals surface area contributed by atoms with E-state index in [2.05, 4.69) is 6.58 Å². The molecule has 1 aliphatic carbocycles. The molecule has 21 heavy (non-hydrogen) atoms. The molecule has 0 heterocycles. The van der Waals surface area contributed by atoms with Crippen LogP contribution in [0.5, 0.6) is 0 Å². The zero-order valence-corrected chi connectivity index (χ0v) is 9.89. The first kappa shape index (κ1) is 15.3. The van der Waals surface area contributed by atoms with E-state index in [1.807, 2.05) is 0 Å². The predicted molar refractivity (Wildman–Crippen MR) is 57.6 cm³/mol. The van der Waals surface area contributed by atoms with Crippen LogP contribution in [0.1, 0.15) is 5.56 Å². The second-order valence-corrected chi connectivity index (χ2v) is 4.09. The van der Waals surface area contributed by atoms with Gasteiger partial charge in [0.05, 0.1) is 5.57 Å². The topological polar surface area (TPSA) is 0 Å². The summed E-state index contributed by atoms with van der Waals surface area (Å²) < 4.78 is 106. The predicted octanol–water partition coefficient (Wildman–Crippen LogP) is 4.98. The Morgan fingerprint density at radius 1 is 0.810 bits per heavy atom. The fourth-order valence-electron chi connectivity index (χ4n) is 1.75. The zero-order valence-electron chi connectivity index (χ0n) is 9.89. The van der Waals surface area contributed by atoms with Crippen LogP contribution in [0.25, 0.3) is 5.57 Å². The normalized spacial score (nSPS) is 19.6. The van der Waals surface area contributed by atoms with Crippen molar-refractivity contribution in [2.75, 3.05) is 0 Å². The van der Waals surface area contributed by atoms with Crippen molar-refractivity contribution in [3.05, 3.63) is 64.5 Å². The first-order valence-electron chi connectivity index (χ1n) is 5.30. The number of alkyl halides is 1. The first-order valence-corrected chi connectivity index (χ1v) is 5.30. The minimum atomic E-state index is -2.85. The molecule has 1 aromatic carbocycles. The molecule has 0 N–H and O–H groups in total. The molecule has 0 aliphatic heterocycles. The summed E-state index contributed by atoms with van der Waals surface area (Å²) in [5.41, 5.74) is -4.34. The van der Waals surface area contributed by atoms with E-state index in [0.717, 1.165) is 0 Å². The van der Waals surface area contributed by atoms with Crippen LogP contribution in [-0.4, -0.2) is 6.17 Å². The van der Waals surface area contributed by atoms with E-state index in [4.69, 9.17) is 0 Å². The van der Waals surface area contributed by atoms with Crippen molar-refractivity contribution in [2.24, 2.45) is 0 Å². The molecular weight excluding hydrogens is 308 g/mol. The largest absolute Gasteiger partial charge is 0.234 e. The summed E-state index contributed by atoms with van der Waals surface area (Å²) in [6.07, 6.45) is -2.85. The molecule has 0 saturated heterocycles. The third-order valence-electron chi connectivity index (χ3n) is 2.83. The van der Waals surface area contributed by atoms with E-state index >= 15 is 0 Å². The summed E-state index contributed by atoms with van der Waals surface area (Å²) in [6, 6.07) is -0.101. The second-order valence-electron chi connectivity index (χ2n) is 4.09. The van der Waals surface area contributed by atoms with E-state index in [-0.39, 0.29) is 6.07 Å². The van der Waals surface area contributed by atoms with Gasteiger partial charge in [-0.25, -0.2) is 35.1 Å². The minimum absolute atomic E-state index is 0.101. The summed E-state index contributed by atoms with van der Waals surface area (Å²) >= 11 is 0. The highest BCUT2D eigenvalue weighted by atomic mass is 19.2. The molecule has 8 heteroatoms. The fraction of sp³-hybridized carbons (Fsp3) is 0.0769. The van der Waals surface area contributed by atoms with Gasteiger partial charge in [0.2, 0.25) is 0 Å². The highest BCUT2D eigenvalue weighted by Crippen LogP contribution is 2.43. The Labute approximate surface area is 112 Å². The quantitative estimate of drug-likeness (QED) is 0.390. The maximum atomic E-state index is 13.6. The standard InChI is InChI=1S/C13H4F8/c1-3-7(15)11(19)6(12(20)8(3)16)4-2-5(14)10(18)13(21)9(4)17/h2,7H,1H2. The zero-order chi connectivity index (χ0) is 16.1. The van der Waals surface area contributed by atoms with Crippen molar-refractivity contribution in [1.82, 2.24) is 0 Å². The second kappa shape index (κ2) is 5.01. The highest BCUT2D eigenvalue weighted by molar-refractivity contribution is 5.83. The maximum Gasteiger partial charge on any atom is 0.198 e. The molecule has 0 aromatic heterocycles. The highest BCUT2D eigenvalue weighted by Gasteiger charge is 2.37. The summed E-state index contributed by atoms with van der Waals surface area (Å²) in [5.74, 6) is -14.8. The van der Waals surface area contributed by atoms with Gasteiger partial charge in [-0.2, -0.15) is 0 Å². The van der Waals surface area contributed by atoms with E-state index < -0.39 is 63.6 Å². The van der Waals surface area contributed by atoms with Gasteiger partial charge >= 0.3 is 0 Å². The van der Waals surface area contributed by atoms with Crippen LogP contribution >= 0.6 is 0 Å². The van der Waals surface area contributed by atoms with E-state index in [1.165, 1.54) is 0 Å². The first-order chi connectivity index (χ1) is 9.68. The average molecular weight is 312 g/mol. The van der Waals surface area contributed by atoms with Crippen LogP contribution in [-0.2, 0) is 0 Å². The molecule has 1 atom stereocenters. The molecular formula is C13H4F8. The van der Waals surface area contributed by atoms with Crippen molar-refractivity contribution < 1.29 is 35.1 Å². The Bertz CT molecular complexity index is 713. The molecule has 0 bridgehead atoms. The molecule has 0 radical (unpaired) electrons. The van der Waals surface area contributed by atoms with Crippen molar-refractivity contribution >= 4 is 5.57 Å². The van der Waals surface area contributed by atoms with E-state index in [1.54, 1.807) is 0 Å². The lowest BCUT2D eigenvalue weighted by molar-refractivity contribution is 0.351. The van der Waals surface area contributed by atoms with Gasteiger partial charge in [-0.3, -0.25) is 0 Å². The van der Waals surface area contributed by atoms with Gasteiger partial charge in [0, 0.05) is 11.1 Å². The third-order valence-corrected chi connectivity index (χ3v) is 2.83. The Balaban J connectivity index is 2.81. The number of allylic oxidation sites excluding steroid dienone is 5. The maximum absolute atomic E-state index is 13.6. The Morgan fingerprint density at radius 2 is 1.38 bits per heavy atom. The van der Waals surface area contributed by atoms with Crippen molar-refractivity contribution in [2.45, 2.75) is 6.17 Å². The summed E-state index contributed by atoms with van der Waals surface area (Å²) in [6.45, 7) is 2.75. The van der Waals surface area contributed by atoms with E-state index in [0.29, 0.717) is 0 Å². The molecule has 2 rings (SSSR count). The van der Waals surface area contributed by atoms with Gasteiger partial charge in [0.1, 0.15) is 5.83 Å². The minimum Gasteiger partial charge on any atom is -0.234 e. The van der Waals surface area contributed by atoms with Crippen LogP contribution < -0.4 is 0 Å². The third kappa shape index (κ3) is 2.14. The average Bonchev–Trinajstić information content (AvgIpc) is 2.46. The van der Waals surface area contributed by atoms with Crippen molar-refractivity contribution in [1.29, 1.82) is 0 Å². The summed E-state index contributed by atoms with van der Waals surface area (Å²) in [7, 11) is 0. The van der Waals surface area contributed by atoms with Crippen LogP contribution in [0.15, 0.2) is 35.7 Å². The lowest BCUT2D eigenvalue weighted by Crippen LogP contribution is -2.15. The molecule has 0 nitrogen and oxygen atoms in total. The molecule has 0 amide bonds. The van der Waals surface area contributed by atoms with Crippen LogP contribution in [0.2, 0.25) is 0 Å². The smallest absolute Gasteiger partial charge is 0.198 e. The molecule has 1 aromatic rings. The number of hydrogen-bond donors (Lipinski definition) is 0. The lowest BCUT2D eigenvalue weighted by Gasteiger charge is -2.19. The molecule has 1 unspecified atom stereocenters. The fourth-order valence-corrected chi connectivity index (χ4v) is 1.75. The van der Waals surface area contributed by atoms with Gasteiger partial charge in [-0.05, 0) is 6.07 Å². The number of benzene rings is 1. The van der Waals surface area contributed by atoms with Crippen LogP contribution in [0, 0.1) is 23.3 Å². The summed E-state index contributed by atoms with van der Waals surface area (Å²) in [4.78, 5) is 0. The van der Waals surface area contributed by atoms with Gasteiger partial charge in [-0.15, -0.1) is 0 Å². The van der Waals surface area contributed by atoms with Crippen LogP contribution in [0.4, 0.5) is 35.1 Å². The Morgan fingerprint density at radius 3 is 1.95 bits per heavy atom. The molecule has 0 spiro atoms. The van der Waals surface area contributed by atoms with Gasteiger partial charge in [0.25, 0.3) is 0 Å². The Kier molecular flexibility index (Phi) is 3.65. The van der Waals surface area contributed by atoms with Gasteiger partial charge in [0.15, 0.2) is 41.1 Å². The van der Waals surface area contributed by atoms with Gasteiger partial charge in [-0.1, -0.05) is 6.58 Å². The van der Waals surface area contributed by atoms with Gasteiger partial charge < -0.3 is 0 Å². The lowest BCUT2D eigenvalue weighted by atomic mass is 9.92. The Hall–Kier alpha value is -2.12. The van der Waals surface area contributed by atoms with Crippen molar-refractivity contribution in [3.63, 3.8) is 0 Å². The van der Waals surface area contributed by atoms with E-state index in [9.17, 15) is 35.1 Å². The number of halogens is 8. The number of rotatable bonds is 1. The van der Waals surface area contributed by atoms with Crippen LogP contribution in [0.3, 0.4) is 0 Å². The molecule has 0 fully saturated rings. The molecule has 112 valence electrons. The molecule has 1 aliphatic rings. The molecule has 0 saturated carbocycles.